The summed E-state index contributed by atoms with van der Waals surface area (Å²) in [5.74, 6) is 0.654. The molecule has 2 aromatic heterocycles. The average molecular weight is 291 g/mol. The van der Waals surface area contributed by atoms with Crippen molar-refractivity contribution < 1.29 is 9.13 Å². The molecule has 0 aliphatic rings. The van der Waals surface area contributed by atoms with Crippen LogP contribution in [0.2, 0.25) is 0 Å². The topological polar surface area (TPSA) is 26.5 Å². The predicted octanol–water partition coefficient (Wildman–Crippen LogP) is 3.89. The van der Waals surface area contributed by atoms with Gasteiger partial charge < -0.3 is 4.74 Å². The summed E-state index contributed by atoms with van der Waals surface area (Å²) < 4.78 is 20.6. The van der Waals surface area contributed by atoms with Crippen molar-refractivity contribution in [3.8, 4) is 17.0 Å². The van der Waals surface area contributed by atoms with Crippen LogP contribution in [0.25, 0.3) is 16.9 Å². The molecule has 20 heavy (non-hydrogen) atoms. The van der Waals surface area contributed by atoms with Gasteiger partial charge in [-0.2, -0.15) is 0 Å². The highest BCUT2D eigenvalue weighted by Gasteiger charge is 2.15. The van der Waals surface area contributed by atoms with Gasteiger partial charge in [0.25, 0.3) is 0 Å². The van der Waals surface area contributed by atoms with Gasteiger partial charge in [0.1, 0.15) is 5.75 Å². The van der Waals surface area contributed by atoms with Gasteiger partial charge in [0.05, 0.1) is 24.4 Å². The van der Waals surface area contributed by atoms with Gasteiger partial charge in [-0.25, -0.2) is 9.37 Å². The number of fused-ring (bicyclic) bond motifs is 1. The van der Waals surface area contributed by atoms with Crippen LogP contribution in [0.3, 0.4) is 0 Å². The SMILES string of the molecule is COc1ccc(-c2nc3c(F)cccn3c2CCl)cc1. The number of rotatable bonds is 3. The first-order valence-corrected chi connectivity index (χ1v) is 6.64. The van der Waals surface area contributed by atoms with E-state index in [2.05, 4.69) is 4.98 Å². The number of hydrogen-bond acceptors (Lipinski definition) is 2. The van der Waals surface area contributed by atoms with Gasteiger partial charge >= 0.3 is 0 Å². The lowest BCUT2D eigenvalue weighted by Crippen LogP contribution is -1.92. The fourth-order valence-corrected chi connectivity index (χ4v) is 2.45. The van der Waals surface area contributed by atoms with Gasteiger partial charge in [-0.3, -0.25) is 4.40 Å². The molecule has 0 aliphatic heterocycles. The Balaban J connectivity index is 2.21. The Morgan fingerprint density at radius 3 is 2.65 bits per heavy atom. The fourth-order valence-electron chi connectivity index (χ4n) is 2.19. The van der Waals surface area contributed by atoms with Crippen molar-refractivity contribution >= 4 is 17.2 Å². The second kappa shape index (κ2) is 5.13. The summed E-state index contributed by atoms with van der Waals surface area (Å²) in [7, 11) is 1.61. The van der Waals surface area contributed by atoms with E-state index in [1.807, 2.05) is 24.3 Å². The molecule has 5 heteroatoms. The summed E-state index contributed by atoms with van der Waals surface area (Å²) in [6, 6.07) is 10.5. The normalized spacial score (nSPS) is 10.9. The third-order valence-electron chi connectivity index (χ3n) is 3.19. The predicted molar refractivity (Wildman–Crippen MR) is 76.7 cm³/mol. The van der Waals surface area contributed by atoms with Crippen LogP contribution in [0.4, 0.5) is 4.39 Å². The number of aromatic nitrogens is 2. The molecule has 3 aromatic rings. The summed E-state index contributed by atoms with van der Waals surface area (Å²) in [4.78, 5) is 4.37. The van der Waals surface area contributed by atoms with Crippen molar-refractivity contribution in [1.82, 2.24) is 9.38 Å². The molecule has 0 aliphatic carbocycles. The highest BCUT2D eigenvalue weighted by molar-refractivity contribution is 6.17. The molecular weight excluding hydrogens is 279 g/mol. The van der Waals surface area contributed by atoms with Gasteiger partial charge in [-0.1, -0.05) is 0 Å². The Bertz CT molecular complexity index is 752. The number of methoxy groups -OCH3 is 1. The van der Waals surface area contributed by atoms with Crippen LogP contribution in [0, 0.1) is 5.82 Å². The Labute approximate surface area is 120 Å². The lowest BCUT2D eigenvalue weighted by Gasteiger charge is -2.03. The molecule has 1 aromatic carbocycles. The number of halogens is 2. The first-order valence-electron chi connectivity index (χ1n) is 6.10. The van der Waals surface area contributed by atoms with Crippen molar-refractivity contribution in [2.75, 3.05) is 7.11 Å². The molecule has 0 unspecified atom stereocenters. The molecular formula is C15H12ClFN2O. The van der Waals surface area contributed by atoms with Crippen LogP contribution in [0.15, 0.2) is 42.6 Å². The summed E-state index contributed by atoms with van der Waals surface area (Å²) in [6.45, 7) is 0. The zero-order valence-electron chi connectivity index (χ0n) is 10.8. The molecule has 0 radical (unpaired) electrons. The molecule has 0 N–H and O–H groups in total. The van der Waals surface area contributed by atoms with Crippen molar-refractivity contribution in [3.63, 3.8) is 0 Å². The van der Waals surface area contributed by atoms with E-state index in [4.69, 9.17) is 16.3 Å². The third kappa shape index (κ3) is 2.02. The Morgan fingerprint density at radius 2 is 2.00 bits per heavy atom. The lowest BCUT2D eigenvalue weighted by molar-refractivity contribution is 0.415. The largest absolute Gasteiger partial charge is 0.497 e. The van der Waals surface area contributed by atoms with Crippen LogP contribution in [-0.4, -0.2) is 16.5 Å². The van der Waals surface area contributed by atoms with E-state index < -0.39 is 0 Å². The summed E-state index contributed by atoms with van der Waals surface area (Å²) >= 11 is 6.01. The maximum atomic E-state index is 13.8. The third-order valence-corrected chi connectivity index (χ3v) is 3.44. The van der Waals surface area contributed by atoms with E-state index in [0.717, 1.165) is 17.0 Å². The van der Waals surface area contributed by atoms with E-state index in [1.165, 1.54) is 6.07 Å². The Kier molecular flexibility index (Phi) is 3.32. The number of hydrogen-bond donors (Lipinski definition) is 0. The highest BCUT2D eigenvalue weighted by Crippen LogP contribution is 2.28. The minimum Gasteiger partial charge on any atom is -0.497 e. The van der Waals surface area contributed by atoms with E-state index >= 15 is 0 Å². The monoisotopic (exact) mass is 290 g/mol. The van der Waals surface area contributed by atoms with Crippen molar-refractivity contribution in [2.24, 2.45) is 0 Å². The Hall–Kier alpha value is -2.07. The van der Waals surface area contributed by atoms with Gasteiger partial charge in [0.2, 0.25) is 0 Å². The molecule has 0 fully saturated rings. The first kappa shape index (κ1) is 12.9. The Morgan fingerprint density at radius 1 is 1.25 bits per heavy atom. The number of nitrogens with zero attached hydrogens (tertiary/aromatic N) is 2. The molecule has 0 amide bonds. The number of benzene rings is 1. The van der Waals surface area contributed by atoms with Gasteiger partial charge in [-0.05, 0) is 36.4 Å². The standard InChI is InChI=1S/C15H12ClFN2O/c1-20-11-6-4-10(5-7-11)14-13(9-16)19-8-2-3-12(17)15(19)18-14/h2-8H,9H2,1H3. The first-order chi connectivity index (χ1) is 9.74. The van der Waals surface area contributed by atoms with Crippen LogP contribution in [-0.2, 0) is 5.88 Å². The van der Waals surface area contributed by atoms with E-state index in [-0.39, 0.29) is 17.3 Å². The van der Waals surface area contributed by atoms with E-state index in [1.54, 1.807) is 23.8 Å². The minimum atomic E-state index is -0.362. The number of ether oxygens (including phenoxy) is 1. The van der Waals surface area contributed by atoms with Gasteiger partial charge in [-0.15, -0.1) is 11.6 Å². The molecule has 0 spiro atoms. The molecule has 0 atom stereocenters. The fraction of sp³-hybridized carbons (Fsp3) is 0.133. The highest BCUT2D eigenvalue weighted by atomic mass is 35.5. The average Bonchev–Trinajstić information content (AvgIpc) is 2.87. The van der Waals surface area contributed by atoms with Crippen molar-refractivity contribution in [2.45, 2.75) is 5.88 Å². The van der Waals surface area contributed by atoms with E-state index in [9.17, 15) is 4.39 Å². The van der Waals surface area contributed by atoms with Crippen molar-refractivity contribution in [1.29, 1.82) is 0 Å². The van der Waals surface area contributed by atoms with Crippen molar-refractivity contribution in [3.05, 3.63) is 54.1 Å². The quantitative estimate of drug-likeness (QED) is 0.684. The van der Waals surface area contributed by atoms with Crippen LogP contribution in [0.5, 0.6) is 5.75 Å². The molecule has 102 valence electrons. The molecule has 0 saturated heterocycles. The van der Waals surface area contributed by atoms with E-state index in [0.29, 0.717) is 5.69 Å². The zero-order chi connectivity index (χ0) is 14.1. The van der Waals surface area contributed by atoms with Crippen LogP contribution in [0.1, 0.15) is 5.69 Å². The minimum absolute atomic E-state index is 0.256. The summed E-state index contributed by atoms with van der Waals surface area (Å²) in [5, 5.41) is 0. The number of imidazole rings is 1. The van der Waals surface area contributed by atoms with Crippen LogP contribution < -0.4 is 4.74 Å². The zero-order valence-corrected chi connectivity index (χ0v) is 11.6. The maximum absolute atomic E-state index is 13.8. The number of alkyl halides is 1. The molecule has 0 bridgehead atoms. The smallest absolute Gasteiger partial charge is 0.174 e. The molecule has 2 heterocycles. The maximum Gasteiger partial charge on any atom is 0.174 e. The second-order valence-electron chi connectivity index (χ2n) is 4.32. The summed E-state index contributed by atoms with van der Waals surface area (Å²) in [6.07, 6.45) is 1.76. The molecule has 0 saturated carbocycles. The number of pyridine rings is 1. The molecule has 3 nitrogen and oxygen atoms in total. The second-order valence-corrected chi connectivity index (χ2v) is 4.59. The summed E-state index contributed by atoms with van der Waals surface area (Å²) in [5.41, 5.74) is 2.62. The van der Waals surface area contributed by atoms with Gasteiger partial charge in [0, 0.05) is 11.8 Å². The lowest BCUT2D eigenvalue weighted by atomic mass is 10.1. The van der Waals surface area contributed by atoms with Gasteiger partial charge in [0.15, 0.2) is 11.5 Å². The van der Waals surface area contributed by atoms with Crippen LogP contribution >= 0.6 is 11.6 Å². The molecule has 3 rings (SSSR count).